The summed E-state index contributed by atoms with van der Waals surface area (Å²) >= 11 is 1.87. The number of aryl methyl sites for hydroxylation is 1. The van der Waals surface area contributed by atoms with E-state index < -0.39 is 0 Å². The first kappa shape index (κ1) is 16.4. The number of halogens is 1. The highest BCUT2D eigenvalue weighted by atomic mass is 32.2. The van der Waals surface area contributed by atoms with Gasteiger partial charge >= 0.3 is 0 Å². The quantitative estimate of drug-likeness (QED) is 0.844. The third kappa shape index (κ3) is 3.23. The Labute approximate surface area is 150 Å². The number of carbonyl (C=O) groups excluding carboxylic acids is 1. The molecule has 130 valence electrons. The Morgan fingerprint density at radius 1 is 1.40 bits per heavy atom. The van der Waals surface area contributed by atoms with Gasteiger partial charge in [0.2, 0.25) is 0 Å². The molecule has 3 heterocycles. The number of nitrogens with zero attached hydrogens (tertiary/aromatic N) is 2. The first-order valence-electron chi connectivity index (χ1n) is 8.31. The van der Waals surface area contributed by atoms with Gasteiger partial charge in [-0.05, 0) is 36.8 Å². The Balaban J connectivity index is 1.35. The second-order valence-electron chi connectivity index (χ2n) is 6.75. The van der Waals surface area contributed by atoms with Crippen molar-refractivity contribution in [2.45, 2.75) is 24.2 Å². The van der Waals surface area contributed by atoms with E-state index in [1.807, 2.05) is 23.9 Å². The molecule has 0 N–H and O–H groups in total. The first-order valence-corrected chi connectivity index (χ1v) is 9.29. The SMILES string of the molecule is Cc1ccc(C(=O)N2CC3(C[C@@H](Oc4cccnc4)CS3)C2)cc1F. The molecule has 0 saturated carbocycles. The fourth-order valence-electron chi connectivity index (χ4n) is 3.41. The summed E-state index contributed by atoms with van der Waals surface area (Å²) in [6.07, 6.45) is 4.50. The highest BCUT2D eigenvalue weighted by Crippen LogP contribution is 2.46. The minimum Gasteiger partial charge on any atom is -0.488 e. The molecule has 4 nitrogen and oxygen atoms in total. The number of rotatable bonds is 3. The molecule has 1 aromatic heterocycles. The van der Waals surface area contributed by atoms with E-state index in [2.05, 4.69) is 4.98 Å². The lowest BCUT2D eigenvalue weighted by Gasteiger charge is -2.47. The highest BCUT2D eigenvalue weighted by Gasteiger charge is 2.51. The normalized spacial score (nSPS) is 21.2. The number of benzene rings is 1. The summed E-state index contributed by atoms with van der Waals surface area (Å²) in [5.74, 6) is 1.27. The van der Waals surface area contributed by atoms with Crippen molar-refractivity contribution in [2.24, 2.45) is 0 Å². The zero-order chi connectivity index (χ0) is 17.4. The number of pyridine rings is 1. The third-order valence-electron chi connectivity index (χ3n) is 4.78. The number of ether oxygens (including phenoxy) is 1. The Bertz CT molecular complexity index is 793. The molecule has 1 spiro atoms. The number of hydrogen-bond acceptors (Lipinski definition) is 4. The second kappa shape index (κ2) is 6.33. The zero-order valence-corrected chi connectivity index (χ0v) is 14.8. The lowest BCUT2D eigenvalue weighted by molar-refractivity contribution is 0.0517. The van der Waals surface area contributed by atoms with Crippen molar-refractivity contribution in [3.8, 4) is 5.75 Å². The molecule has 0 bridgehead atoms. The van der Waals surface area contributed by atoms with Crippen LogP contribution in [0.3, 0.4) is 0 Å². The van der Waals surface area contributed by atoms with Crippen LogP contribution in [0, 0.1) is 12.7 Å². The van der Waals surface area contributed by atoms with Gasteiger partial charge in [0.05, 0.1) is 10.9 Å². The molecular weight excluding hydrogens is 339 g/mol. The summed E-state index contributed by atoms with van der Waals surface area (Å²) in [6.45, 7) is 3.08. The maximum absolute atomic E-state index is 13.7. The van der Waals surface area contributed by atoms with Crippen molar-refractivity contribution in [1.29, 1.82) is 0 Å². The molecule has 2 aliphatic rings. The van der Waals surface area contributed by atoms with Crippen LogP contribution < -0.4 is 4.74 Å². The van der Waals surface area contributed by atoms with Crippen molar-refractivity contribution < 1.29 is 13.9 Å². The summed E-state index contributed by atoms with van der Waals surface area (Å²) in [7, 11) is 0. The van der Waals surface area contributed by atoms with Gasteiger partial charge in [0, 0.05) is 37.0 Å². The summed E-state index contributed by atoms with van der Waals surface area (Å²) in [4.78, 5) is 18.4. The van der Waals surface area contributed by atoms with Crippen LogP contribution in [0.25, 0.3) is 0 Å². The van der Waals surface area contributed by atoms with Crippen LogP contribution in [0.2, 0.25) is 0 Å². The molecule has 0 aliphatic carbocycles. The number of carbonyl (C=O) groups is 1. The third-order valence-corrected chi connectivity index (χ3v) is 6.35. The Morgan fingerprint density at radius 3 is 2.96 bits per heavy atom. The molecule has 1 atom stereocenters. The molecule has 2 aliphatic heterocycles. The fourth-order valence-corrected chi connectivity index (χ4v) is 4.93. The van der Waals surface area contributed by atoms with Crippen LogP contribution in [-0.2, 0) is 0 Å². The van der Waals surface area contributed by atoms with Crippen molar-refractivity contribution >= 4 is 17.7 Å². The first-order chi connectivity index (χ1) is 12.0. The van der Waals surface area contributed by atoms with E-state index in [9.17, 15) is 9.18 Å². The Morgan fingerprint density at radius 2 is 2.24 bits per heavy atom. The van der Waals surface area contributed by atoms with Gasteiger partial charge in [0.1, 0.15) is 17.7 Å². The largest absolute Gasteiger partial charge is 0.488 e. The second-order valence-corrected chi connectivity index (χ2v) is 8.24. The number of aromatic nitrogens is 1. The van der Waals surface area contributed by atoms with Crippen LogP contribution in [0.1, 0.15) is 22.3 Å². The van der Waals surface area contributed by atoms with E-state index in [-0.39, 0.29) is 22.6 Å². The van der Waals surface area contributed by atoms with Gasteiger partial charge < -0.3 is 9.64 Å². The molecule has 2 aromatic rings. The molecule has 25 heavy (non-hydrogen) atoms. The number of amides is 1. The van der Waals surface area contributed by atoms with Gasteiger partial charge in [-0.1, -0.05) is 6.07 Å². The van der Waals surface area contributed by atoms with Crippen LogP contribution in [0.15, 0.2) is 42.7 Å². The molecule has 4 rings (SSSR count). The molecule has 6 heteroatoms. The predicted octanol–water partition coefficient (Wildman–Crippen LogP) is 3.31. The predicted molar refractivity (Wildman–Crippen MR) is 95.5 cm³/mol. The number of likely N-dealkylation sites (tertiary alicyclic amines) is 1. The number of thioether (sulfide) groups is 1. The minimum atomic E-state index is -0.332. The summed E-state index contributed by atoms with van der Waals surface area (Å²) in [5, 5.41) is 0. The van der Waals surface area contributed by atoms with Gasteiger partial charge in [0.15, 0.2) is 0 Å². The van der Waals surface area contributed by atoms with Gasteiger partial charge in [-0.2, -0.15) is 0 Å². The molecule has 0 unspecified atom stereocenters. The summed E-state index contributed by atoms with van der Waals surface area (Å²) in [6, 6.07) is 8.45. The monoisotopic (exact) mass is 358 g/mol. The smallest absolute Gasteiger partial charge is 0.254 e. The molecular formula is C19H19FN2O2S. The van der Waals surface area contributed by atoms with E-state index >= 15 is 0 Å². The van der Waals surface area contributed by atoms with Crippen LogP contribution in [0.5, 0.6) is 5.75 Å². The van der Waals surface area contributed by atoms with E-state index in [1.54, 1.807) is 36.4 Å². The van der Waals surface area contributed by atoms with Crippen molar-refractivity contribution in [1.82, 2.24) is 9.88 Å². The van der Waals surface area contributed by atoms with Gasteiger partial charge in [-0.25, -0.2) is 4.39 Å². The fraction of sp³-hybridized carbons (Fsp3) is 0.368. The van der Waals surface area contributed by atoms with Crippen LogP contribution in [-0.4, -0.2) is 45.5 Å². The van der Waals surface area contributed by atoms with Crippen molar-refractivity contribution in [3.63, 3.8) is 0 Å². The van der Waals surface area contributed by atoms with E-state index in [0.717, 1.165) is 17.9 Å². The lowest BCUT2D eigenvalue weighted by Crippen LogP contribution is -2.60. The summed E-state index contributed by atoms with van der Waals surface area (Å²) in [5.41, 5.74) is 0.975. The molecule has 2 saturated heterocycles. The summed E-state index contributed by atoms with van der Waals surface area (Å²) < 4.78 is 19.7. The average Bonchev–Trinajstić information content (AvgIpc) is 3.00. The molecule has 1 amide bonds. The van der Waals surface area contributed by atoms with E-state index in [1.165, 1.54) is 6.07 Å². The topological polar surface area (TPSA) is 42.4 Å². The Hall–Kier alpha value is -2.08. The van der Waals surface area contributed by atoms with Crippen molar-refractivity contribution in [3.05, 3.63) is 59.7 Å². The Kier molecular flexibility index (Phi) is 4.15. The van der Waals surface area contributed by atoms with Crippen LogP contribution >= 0.6 is 11.8 Å². The van der Waals surface area contributed by atoms with Gasteiger partial charge in [-0.3, -0.25) is 9.78 Å². The molecule has 2 fully saturated rings. The molecule has 0 radical (unpaired) electrons. The maximum atomic E-state index is 13.7. The van der Waals surface area contributed by atoms with Gasteiger partial charge in [-0.15, -0.1) is 11.8 Å². The number of hydrogen-bond donors (Lipinski definition) is 0. The maximum Gasteiger partial charge on any atom is 0.254 e. The standard InChI is InChI=1S/C19H19FN2O2S/c1-13-4-5-14(7-17(13)20)18(23)22-11-19(12-22)8-16(10-25-19)24-15-3-2-6-21-9-15/h2-7,9,16H,8,10-12H2,1H3/t16-/m1/s1. The molecule has 1 aromatic carbocycles. The van der Waals surface area contributed by atoms with Crippen LogP contribution in [0.4, 0.5) is 4.39 Å². The minimum absolute atomic E-state index is 0.0752. The average molecular weight is 358 g/mol. The van der Waals surface area contributed by atoms with E-state index in [4.69, 9.17) is 4.74 Å². The highest BCUT2D eigenvalue weighted by molar-refractivity contribution is 8.01. The van der Waals surface area contributed by atoms with Gasteiger partial charge in [0.25, 0.3) is 5.91 Å². The van der Waals surface area contributed by atoms with E-state index in [0.29, 0.717) is 24.2 Å². The lowest BCUT2D eigenvalue weighted by atomic mass is 9.92. The van der Waals surface area contributed by atoms with Crippen molar-refractivity contribution in [2.75, 3.05) is 18.8 Å². The zero-order valence-electron chi connectivity index (χ0n) is 13.9.